The van der Waals surface area contributed by atoms with Gasteiger partial charge in [0.2, 0.25) is 5.95 Å². The Morgan fingerprint density at radius 1 is 1.50 bits per heavy atom. The minimum Gasteiger partial charge on any atom is -0.507 e. The molecule has 0 spiro atoms. The van der Waals surface area contributed by atoms with Gasteiger partial charge < -0.3 is 10.1 Å². The summed E-state index contributed by atoms with van der Waals surface area (Å²) in [5, 5.41) is 22.4. The zero-order valence-corrected chi connectivity index (χ0v) is 14.3. The number of nitrogens with zero attached hydrogens (tertiary/aromatic N) is 2. The number of carbonyl (C=O) groups excluding carboxylic acids is 1. The highest BCUT2D eigenvalue weighted by atomic mass is 19.1. The van der Waals surface area contributed by atoms with Crippen LogP contribution in [-0.2, 0) is 0 Å². The van der Waals surface area contributed by atoms with Crippen molar-refractivity contribution in [2.24, 2.45) is 5.41 Å². The van der Waals surface area contributed by atoms with Crippen LogP contribution < -0.4 is 5.32 Å². The highest BCUT2D eigenvalue weighted by Gasteiger charge is 2.36. The minimum atomic E-state index is -0.691. The highest BCUT2D eigenvalue weighted by Crippen LogP contribution is 2.48. The van der Waals surface area contributed by atoms with Crippen LogP contribution in [0.15, 0.2) is 42.5 Å². The number of anilines is 1. The van der Waals surface area contributed by atoms with E-state index in [0.717, 1.165) is 0 Å². The molecule has 132 valence electrons. The van der Waals surface area contributed by atoms with E-state index in [1.807, 2.05) is 19.9 Å². The first-order valence-corrected chi connectivity index (χ1v) is 8.07. The van der Waals surface area contributed by atoms with Gasteiger partial charge in [-0.2, -0.15) is 5.26 Å². The third-order valence-electron chi connectivity index (χ3n) is 4.62. The molecule has 26 heavy (non-hydrogen) atoms. The van der Waals surface area contributed by atoms with E-state index in [1.165, 1.54) is 36.7 Å². The Kier molecular flexibility index (Phi) is 4.34. The fraction of sp³-hybridized carbons (Fsp3) is 0.211. The van der Waals surface area contributed by atoms with Crippen LogP contribution in [0.2, 0.25) is 0 Å². The largest absolute Gasteiger partial charge is 0.507 e. The number of halogens is 1. The lowest BCUT2D eigenvalue weighted by atomic mass is 9.76. The number of rotatable bonds is 4. The lowest BCUT2D eigenvalue weighted by Crippen LogP contribution is -2.20. The van der Waals surface area contributed by atoms with Gasteiger partial charge in [-0.05, 0) is 36.3 Å². The van der Waals surface area contributed by atoms with Crippen LogP contribution in [0.4, 0.5) is 10.3 Å². The monoisotopic (exact) mass is 352 g/mol. The van der Waals surface area contributed by atoms with Crippen molar-refractivity contribution in [2.45, 2.75) is 20.3 Å². The number of aromatic nitrogens is 2. The molecule has 1 heterocycles. The van der Waals surface area contributed by atoms with Crippen LogP contribution in [-0.4, -0.2) is 21.0 Å². The number of hydrogen-bond donors (Lipinski definition) is 3. The van der Waals surface area contributed by atoms with Crippen molar-refractivity contribution < 1.29 is 14.3 Å². The fourth-order valence-corrected chi connectivity index (χ4v) is 3.07. The summed E-state index contributed by atoms with van der Waals surface area (Å²) in [6, 6.07) is 4.73. The van der Waals surface area contributed by atoms with E-state index >= 15 is 0 Å². The number of imidazole rings is 1. The Labute approximate surface area is 149 Å². The lowest BCUT2D eigenvalue weighted by Gasteiger charge is -2.27. The summed E-state index contributed by atoms with van der Waals surface area (Å²) < 4.78 is 14.0. The van der Waals surface area contributed by atoms with Crippen LogP contribution in [0.1, 0.15) is 41.8 Å². The summed E-state index contributed by atoms with van der Waals surface area (Å²) in [6.45, 7) is 3.71. The molecular formula is C19H17FN4O2. The Balaban J connectivity index is 2.19. The smallest absolute Gasteiger partial charge is 0.262 e. The maximum absolute atomic E-state index is 14.0. The minimum absolute atomic E-state index is 0.0884. The maximum atomic E-state index is 14.0. The van der Waals surface area contributed by atoms with Crippen molar-refractivity contribution in [3.8, 4) is 11.8 Å². The van der Waals surface area contributed by atoms with Gasteiger partial charge in [0.05, 0.1) is 17.2 Å². The fourth-order valence-electron chi connectivity index (χ4n) is 3.07. The number of amides is 1. The Morgan fingerprint density at radius 2 is 2.27 bits per heavy atom. The molecule has 3 rings (SSSR count). The number of hydrogen-bond acceptors (Lipinski definition) is 4. The maximum Gasteiger partial charge on any atom is 0.262 e. The predicted octanol–water partition coefficient (Wildman–Crippen LogP) is 3.91. The summed E-state index contributed by atoms with van der Waals surface area (Å²) in [7, 11) is 0. The third kappa shape index (κ3) is 2.86. The van der Waals surface area contributed by atoms with Crippen LogP contribution in [0.25, 0.3) is 5.57 Å². The second-order valence-corrected chi connectivity index (χ2v) is 6.24. The number of aromatic amines is 1. The molecular weight excluding hydrogens is 335 g/mol. The predicted molar refractivity (Wildman–Crippen MR) is 94.9 cm³/mol. The van der Waals surface area contributed by atoms with E-state index < -0.39 is 17.1 Å². The van der Waals surface area contributed by atoms with Crippen molar-refractivity contribution in [1.82, 2.24) is 9.97 Å². The van der Waals surface area contributed by atoms with Crippen molar-refractivity contribution in [1.29, 1.82) is 5.26 Å². The number of phenols is 1. The van der Waals surface area contributed by atoms with E-state index in [2.05, 4.69) is 15.3 Å². The van der Waals surface area contributed by atoms with Gasteiger partial charge in [-0.25, -0.2) is 9.37 Å². The summed E-state index contributed by atoms with van der Waals surface area (Å²) in [6.07, 6.45) is 6.33. The molecule has 2 aromatic rings. The molecule has 6 nitrogen and oxygen atoms in total. The average molecular weight is 352 g/mol. The summed E-state index contributed by atoms with van der Waals surface area (Å²) in [4.78, 5) is 19.4. The van der Waals surface area contributed by atoms with E-state index in [4.69, 9.17) is 0 Å². The molecule has 0 saturated carbocycles. The molecule has 1 atom stereocenters. The Hall–Kier alpha value is -3.40. The number of benzene rings is 1. The molecule has 0 radical (unpaired) electrons. The molecule has 1 aliphatic carbocycles. The number of nitrogens with one attached hydrogen (secondary N) is 2. The van der Waals surface area contributed by atoms with Gasteiger partial charge in [0, 0.05) is 23.4 Å². The molecule has 0 bridgehead atoms. The van der Waals surface area contributed by atoms with Gasteiger partial charge >= 0.3 is 0 Å². The molecule has 1 aromatic carbocycles. The lowest BCUT2D eigenvalue weighted by molar-refractivity contribution is 0.102. The van der Waals surface area contributed by atoms with E-state index in [9.17, 15) is 19.6 Å². The van der Waals surface area contributed by atoms with Gasteiger partial charge in [-0.15, -0.1) is 0 Å². The number of allylic oxidation sites excluding steroid dienone is 4. The summed E-state index contributed by atoms with van der Waals surface area (Å²) in [5.41, 5.74) is 0.110. The van der Waals surface area contributed by atoms with Gasteiger partial charge in [-0.3, -0.25) is 10.1 Å². The van der Waals surface area contributed by atoms with Crippen LogP contribution in [0.3, 0.4) is 0 Å². The van der Waals surface area contributed by atoms with Gasteiger partial charge in [0.1, 0.15) is 11.6 Å². The second-order valence-electron chi connectivity index (χ2n) is 6.24. The topological polar surface area (TPSA) is 102 Å². The van der Waals surface area contributed by atoms with Crippen molar-refractivity contribution >= 4 is 17.4 Å². The Bertz CT molecular complexity index is 970. The standard InChI is InChI=1S/C19H17FN4O2/c1-3-19(2)9-12(20)8-13(19)15-11(10-21)4-5-14(25)16(15)17(26)24-18-22-6-7-23-18/h4-9,25H,3H2,1-2H3,(H2,22,23,24,26). The third-order valence-corrected chi connectivity index (χ3v) is 4.62. The molecule has 7 heteroatoms. The molecule has 0 aliphatic heterocycles. The van der Waals surface area contributed by atoms with Crippen LogP contribution in [0.5, 0.6) is 5.75 Å². The molecule has 1 aromatic heterocycles. The van der Waals surface area contributed by atoms with Crippen molar-refractivity contribution in [2.75, 3.05) is 5.32 Å². The van der Waals surface area contributed by atoms with Gasteiger partial charge in [0.15, 0.2) is 0 Å². The molecule has 1 aliphatic rings. The molecule has 0 saturated heterocycles. The molecule has 1 amide bonds. The number of nitriles is 1. The Morgan fingerprint density at radius 3 is 2.88 bits per heavy atom. The van der Waals surface area contributed by atoms with E-state index in [1.54, 1.807) is 0 Å². The van der Waals surface area contributed by atoms with E-state index in [0.29, 0.717) is 12.0 Å². The first-order chi connectivity index (χ1) is 12.4. The number of carbonyl (C=O) groups is 1. The zero-order chi connectivity index (χ0) is 18.9. The quantitative estimate of drug-likeness (QED) is 0.776. The zero-order valence-electron chi connectivity index (χ0n) is 14.3. The first-order valence-electron chi connectivity index (χ1n) is 8.07. The molecule has 3 N–H and O–H groups in total. The number of phenolic OH excluding ortho intramolecular Hbond substituents is 1. The average Bonchev–Trinajstić information content (AvgIpc) is 3.22. The highest BCUT2D eigenvalue weighted by molar-refractivity contribution is 6.10. The molecule has 1 unspecified atom stereocenters. The molecule has 0 fully saturated rings. The second kappa shape index (κ2) is 6.48. The summed E-state index contributed by atoms with van der Waals surface area (Å²) in [5.74, 6) is -1.18. The normalized spacial score (nSPS) is 18.8. The SMILES string of the molecule is CCC1(C)C=C(F)C=C1c1c(C#N)ccc(O)c1C(=O)Nc1ncc[nH]1. The van der Waals surface area contributed by atoms with Crippen molar-refractivity contribution in [3.05, 3.63) is 59.2 Å². The van der Waals surface area contributed by atoms with E-state index in [-0.39, 0.29) is 28.4 Å². The first kappa shape index (κ1) is 17.4. The number of aromatic hydroxyl groups is 1. The summed E-state index contributed by atoms with van der Waals surface area (Å²) >= 11 is 0. The van der Waals surface area contributed by atoms with Crippen LogP contribution in [0, 0.1) is 16.7 Å². The van der Waals surface area contributed by atoms with Crippen LogP contribution >= 0.6 is 0 Å². The van der Waals surface area contributed by atoms with Crippen molar-refractivity contribution in [3.63, 3.8) is 0 Å². The number of H-pyrrole nitrogens is 1. The van der Waals surface area contributed by atoms with Gasteiger partial charge in [0.25, 0.3) is 5.91 Å². The van der Waals surface area contributed by atoms with Gasteiger partial charge in [-0.1, -0.05) is 13.8 Å².